The van der Waals surface area contributed by atoms with Crippen LogP contribution in [0.4, 0.5) is 26.3 Å². The summed E-state index contributed by atoms with van der Waals surface area (Å²) in [5, 5.41) is 11.0. The molecular weight excluding hydrogens is 521 g/mol. The van der Waals surface area contributed by atoms with Crippen molar-refractivity contribution in [2.75, 3.05) is 7.11 Å². The number of hydrogen-bond donors (Lipinski definition) is 0. The van der Waals surface area contributed by atoms with E-state index < -0.39 is 40.8 Å². The molecule has 0 spiro atoms. The average Bonchev–Trinajstić information content (AvgIpc) is 2.60. The van der Waals surface area contributed by atoms with Gasteiger partial charge in [-0.2, -0.15) is 26.3 Å². The molecule has 2 aromatic carbocycles. The molecule has 0 atom stereocenters. The van der Waals surface area contributed by atoms with Gasteiger partial charge in [0, 0.05) is 5.56 Å². The van der Waals surface area contributed by atoms with Gasteiger partial charge in [-0.15, -0.1) is 0 Å². The van der Waals surface area contributed by atoms with Crippen molar-refractivity contribution < 1.29 is 45.7 Å². The standard InChI is InChI=1S/C18H11F6IO4/c1-3-8-4-12(25)15(14(5-8)28-2)29-13-7-10(17(19,20)21)9(16(26)27)6-11(13)18(22,23)24/h3-7H,1H2,2H3,(H,26,27)/p-1. The number of rotatable bonds is 5. The highest BCUT2D eigenvalue weighted by atomic mass is 127. The van der Waals surface area contributed by atoms with E-state index in [-0.39, 0.29) is 27.2 Å². The molecule has 0 fully saturated rings. The molecule has 4 nitrogen and oxygen atoms in total. The van der Waals surface area contributed by atoms with Gasteiger partial charge in [-0.3, -0.25) is 0 Å². The fraction of sp³-hybridized carbons (Fsp3) is 0.167. The van der Waals surface area contributed by atoms with Crippen LogP contribution >= 0.6 is 22.6 Å². The highest BCUT2D eigenvalue weighted by Gasteiger charge is 2.41. The third-order valence-electron chi connectivity index (χ3n) is 3.65. The first-order valence-corrected chi connectivity index (χ1v) is 8.59. The van der Waals surface area contributed by atoms with Crippen molar-refractivity contribution in [3.05, 3.63) is 56.7 Å². The number of alkyl halides is 6. The van der Waals surface area contributed by atoms with Gasteiger partial charge in [0.05, 0.1) is 27.8 Å². The minimum Gasteiger partial charge on any atom is -0.545 e. The first-order chi connectivity index (χ1) is 13.3. The summed E-state index contributed by atoms with van der Waals surface area (Å²) in [6.07, 6.45) is -9.04. The van der Waals surface area contributed by atoms with Gasteiger partial charge in [-0.05, 0) is 52.4 Å². The lowest BCUT2D eigenvalue weighted by Gasteiger charge is -2.21. The Morgan fingerprint density at radius 3 is 2.07 bits per heavy atom. The second-order valence-electron chi connectivity index (χ2n) is 5.52. The molecule has 0 amide bonds. The number of aromatic carboxylic acids is 1. The minimum atomic E-state index is -5.26. The number of carboxylic acids is 1. The van der Waals surface area contributed by atoms with Crippen molar-refractivity contribution >= 4 is 34.6 Å². The number of carboxylic acid groups (broad SMARTS) is 1. The van der Waals surface area contributed by atoms with Gasteiger partial charge in [-0.1, -0.05) is 12.7 Å². The molecule has 0 N–H and O–H groups in total. The van der Waals surface area contributed by atoms with E-state index in [2.05, 4.69) is 6.58 Å². The first kappa shape index (κ1) is 22.8. The number of carbonyl (C=O) groups is 1. The lowest BCUT2D eigenvalue weighted by Crippen LogP contribution is -2.27. The van der Waals surface area contributed by atoms with Gasteiger partial charge in [0.1, 0.15) is 5.75 Å². The smallest absolute Gasteiger partial charge is 0.420 e. The molecule has 0 saturated carbocycles. The summed E-state index contributed by atoms with van der Waals surface area (Å²) in [4.78, 5) is 11.0. The number of methoxy groups -OCH3 is 1. The van der Waals surface area contributed by atoms with E-state index >= 15 is 0 Å². The van der Waals surface area contributed by atoms with E-state index in [1.807, 2.05) is 0 Å². The Labute approximate surface area is 173 Å². The largest absolute Gasteiger partial charge is 0.545 e. The molecule has 2 aromatic rings. The van der Waals surface area contributed by atoms with E-state index in [0.717, 1.165) is 0 Å². The quantitative estimate of drug-likeness (QED) is 0.397. The maximum Gasteiger partial charge on any atom is 0.420 e. The maximum atomic E-state index is 13.4. The van der Waals surface area contributed by atoms with Crippen molar-refractivity contribution in [3.8, 4) is 17.2 Å². The molecule has 0 aromatic heterocycles. The molecule has 0 aliphatic carbocycles. The fourth-order valence-corrected chi connectivity index (χ4v) is 3.09. The van der Waals surface area contributed by atoms with Gasteiger partial charge in [0.25, 0.3) is 0 Å². The molecule has 0 radical (unpaired) electrons. The predicted molar refractivity (Wildman–Crippen MR) is 96.7 cm³/mol. The Kier molecular flexibility index (Phi) is 6.40. The molecule has 0 aliphatic heterocycles. The van der Waals surface area contributed by atoms with Crippen LogP contribution in [0.25, 0.3) is 6.08 Å². The normalized spacial score (nSPS) is 11.9. The van der Waals surface area contributed by atoms with Gasteiger partial charge in [0.15, 0.2) is 11.5 Å². The van der Waals surface area contributed by atoms with Crippen LogP contribution in [0.15, 0.2) is 30.8 Å². The fourth-order valence-electron chi connectivity index (χ4n) is 2.36. The summed E-state index contributed by atoms with van der Waals surface area (Å²) in [6.45, 7) is 3.54. The first-order valence-electron chi connectivity index (χ1n) is 7.51. The highest BCUT2D eigenvalue weighted by molar-refractivity contribution is 14.1. The van der Waals surface area contributed by atoms with E-state index in [1.54, 1.807) is 22.6 Å². The highest BCUT2D eigenvalue weighted by Crippen LogP contribution is 2.46. The zero-order chi connectivity index (χ0) is 22.1. The second-order valence-corrected chi connectivity index (χ2v) is 6.68. The van der Waals surface area contributed by atoms with Crippen LogP contribution in [0.3, 0.4) is 0 Å². The summed E-state index contributed by atoms with van der Waals surface area (Å²) < 4.78 is 90.3. The Bertz CT molecular complexity index is 966. The third-order valence-corrected chi connectivity index (χ3v) is 4.45. The monoisotopic (exact) mass is 531 g/mol. The zero-order valence-corrected chi connectivity index (χ0v) is 16.5. The van der Waals surface area contributed by atoms with Crippen LogP contribution < -0.4 is 14.6 Å². The van der Waals surface area contributed by atoms with E-state index in [1.165, 1.54) is 25.3 Å². The molecule has 11 heteroatoms. The topological polar surface area (TPSA) is 58.6 Å². The summed E-state index contributed by atoms with van der Waals surface area (Å²) in [5.41, 5.74) is -4.67. The zero-order valence-electron chi connectivity index (χ0n) is 14.4. The molecule has 2 rings (SSSR count). The SMILES string of the molecule is C=Cc1cc(I)c(Oc2cc(C(F)(F)F)c(C(=O)[O-])cc2C(F)(F)F)c(OC)c1. The van der Waals surface area contributed by atoms with Gasteiger partial charge in [-0.25, -0.2) is 0 Å². The molecule has 0 heterocycles. The predicted octanol–water partition coefficient (Wildman–Crippen LogP) is 5.14. The molecular formula is C18H10F6IO4-. The van der Waals surface area contributed by atoms with Crippen molar-refractivity contribution in [1.29, 1.82) is 0 Å². The average molecular weight is 531 g/mol. The number of carbonyl (C=O) groups excluding carboxylic acids is 1. The molecule has 156 valence electrons. The molecule has 0 aliphatic rings. The Morgan fingerprint density at radius 1 is 1.03 bits per heavy atom. The number of benzene rings is 2. The maximum absolute atomic E-state index is 13.4. The van der Waals surface area contributed by atoms with E-state index in [9.17, 15) is 36.2 Å². The molecule has 29 heavy (non-hydrogen) atoms. The molecule has 0 saturated heterocycles. The van der Waals surface area contributed by atoms with Crippen LogP contribution in [0.2, 0.25) is 0 Å². The number of ether oxygens (including phenoxy) is 2. The molecule has 0 bridgehead atoms. The Hall–Kier alpha value is -2.44. The van der Waals surface area contributed by atoms with Crippen molar-refractivity contribution in [2.24, 2.45) is 0 Å². The summed E-state index contributed by atoms with van der Waals surface area (Å²) >= 11 is 1.70. The van der Waals surface area contributed by atoms with E-state index in [4.69, 9.17) is 9.47 Å². The van der Waals surface area contributed by atoms with Crippen molar-refractivity contribution in [1.82, 2.24) is 0 Å². The Morgan fingerprint density at radius 2 is 1.62 bits per heavy atom. The minimum absolute atomic E-state index is 0.0229. The Balaban J connectivity index is 2.78. The number of halogens is 7. The van der Waals surface area contributed by atoms with Crippen LogP contribution in [0.1, 0.15) is 27.0 Å². The van der Waals surface area contributed by atoms with Crippen LogP contribution in [0.5, 0.6) is 17.2 Å². The van der Waals surface area contributed by atoms with E-state index in [0.29, 0.717) is 5.56 Å². The lowest BCUT2D eigenvalue weighted by atomic mass is 10.0. The van der Waals surface area contributed by atoms with Crippen molar-refractivity contribution in [3.63, 3.8) is 0 Å². The van der Waals surface area contributed by atoms with Crippen LogP contribution in [-0.2, 0) is 12.4 Å². The van der Waals surface area contributed by atoms with Crippen LogP contribution in [-0.4, -0.2) is 13.1 Å². The lowest BCUT2D eigenvalue weighted by molar-refractivity contribution is -0.255. The summed E-state index contributed by atoms with van der Waals surface area (Å²) in [6, 6.07) is 2.63. The van der Waals surface area contributed by atoms with Crippen molar-refractivity contribution in [2.45, 2.75) is 12.4 Å². The number of hydrogen-bond acceptors (Lipinski definition) is 4. The van der Waals surface area contributed by atoms with Gasteiger partial charge >= 0.3 is 12.4 Å². The van der Waals surface area contributed by atoms with Gasteiger partial charge < -0.3 is 19.4 Å². The summed E-state index contributed by atoms with van der Waals surface area (Å²) in [5.74, 6) is -3.98. The second kappa shape index (κ2) is 8.13. The van der Waals surface area contributed by atoms with Gasteiger partial charge in [0.2, 0.25) is 0 Å². The summed E-state index contributed by atoms with van der Waals surface area (Å²) in [7, 11) is 1.19. The third kappa shape index (κ3) is 4.95. The molecule has 0 unspecified atom stereocenters. The van der Waals surface area contributed by atoms with Crippen LogP contribution in [0, 0.1) is 3.57 Å².